The van der Waals surface area contributed by atoms with Crippen LogP contribution in [0.2, 0.25) is 0 Å². The lowest BCUT2D eigenvalue weighted by molar-refractivity contribution is 1.42. The van der Waals surface area contributed by atoms with Gasteiger partial charge in [-0.1, -0.05) is 24.3 Å². The lowest BCUT2D eigenvalue weighted by atomic mass is 10.2. The van der Waals surface area contributed by atoms with E-state index >= 15 is 0 Å². The van der Waals surface area contributed by atoms with Crippen molar-refractivity contribution in [2.75, 3.05) is 0 Å². The van der Waals surface area contributed by atoms with Gasteiger partial charge in [-0.25, -0.2) is 0 Å². The van der Waals surface area contributed by atoms with Crippen LogP contribution in [0.3, 0.4) is 0 Å². The van der Waals surface area contributed by atoms with Crippen molar-refractivity contribution in [3.05, 3.63) is 35.9 Å². The Kier molecular flexibility index (Phi) is 2.05. The predicted octanol–water partition coefficient (Wildman–Crippen LogP) is 1.86. The first-order valence-corrected chi connectivity index (χ1v) is 3.40. The molecule has 1 rings (SSSR count). The van der Waals surface area contributed by atoms with Gasteiger partial charge < -0.3 is 0 Å². The molecule has 0 fully saturated rings. The Morgan fingerprint density at radius 2 is 2.00 bits per heavy atom. The fraction of sp³-hybridized carbons (Fsp3) is 0.143. The van der Waals surface area contributed by atoms with Gasteiger partial charge in [0, 0.05) is 0 Å². The molecule has 0 spiro atoms. The van der Waals surface area contributed by atoms with E-state index in [-0.39, 0.29) is 0 Å². The Morgan fingerprint density at radius 3 is 2.38 bits per heavy atom. The molecule has 1 aromatic rings. The average Bonchev–Trinajstić information content (AvgIpc) is 1.90. The summed E-state index contributed by atoms with van der Waals surface area (Å²) >= 11 is 0. The second-order valence-electron chi connectivity index (χ2n) is 1.61. The van der Waals surface area contributed by atoms with Crippen LogP contribution in [-0.2, 0) is 6.16 Å². The van der Waals surface area contributed by atoms with Crippen molar-refractivity contribution in [2.24, 2.45) is 0 Å². The molecular weight excluding hydrogens is 115 g/mol. The number of rotatable bonds is 1. The summed E-state index contributed by atoms with van der Waals surface area (Å²) in [6.45, 7) is 0. The van der Waals surface area contributed by atoms with Crippen LogP contribution in [0.25, 0.3) is 0 Å². The minimum absolute atomic E-state index is 1.04. The molecule has 1 unspecified atom stereocenters. The second kappa shape index (κ2) is 2.84. The Morgan fingerprint density at radius 1 is 1.38 bits per heavy atom. The van der Waals surface area contributed by atoms with Gasteiger partial charge in [0.2, 0.25) is 0 Å². The maximum atomic E-state index is 2.96. The molecule has 0 aromatic heterocycles. The zero-order chi connectivity index (χ0) is 5.82. The van der Waals surface area contributed by atoms with Crippen LogP contribution < -0.4 is 0 Å². The molecule has 0 saturated heterocycles. The summed E-state index contributed by atoms with van der Waals surface area (Å²) in [7, 11) is 2.68. The van der Waals surface area contributed by atoms with E-state index in [9.17, 15) is 0 Å². The minimum Gasteiger partial charge on any atom is -0.133 e. The third-order valence-corrected chi connectivity index (χ3v) is 1.49. The third-order valence-electron chi connectivity index (χ3n) is 1.02. The zero-order valence-electron chi connectivity index (χ0n) is 4.59. The van der Waals surface area contributed by atoms with Gasteiger partial charge in [-0.05, 0) is 17.8 Å². The average molecular weight is 123 g/mol. The van der Waals surface area contributed by atoms with Crippen LogP contribution in [0.1, 0.15) is 5.56 Å². The van der Waals surface area contributed by atoms with Crippen molar-refractivity contribution in [3.63, 3.8) is 0 Å². The zero-order valence-corrected chi connectivity index (χ0v) is 5.75. The largest absolute Gasteiger partial charge is 0.133 e. The summed E-state index contributed by atoms with van der Waals surface area (Å²) in [6.07, 6.45) is 1.04. The maximum absolute atomic E-state index is 2.96. The number of hydrogen-bond acceptors (Lipinski definition) is 0. The van der Waals surface area contributed by atoms with Gasteiger partial charge >= 0.3 is 0 Å². The van der Waals surface area contributed by atoms with Gasteiger partial charge in [-0.15, -0.1) is 9.24 Å². The maximum Gasteiger partial charge on any atom is -0.0128 e. The molecule has 8 heavy (non-hydrogen) atoms. The summed E-state index contributed by atoms with van der Waals surface area (Å²) < 4.78 is 0. The van der Waals surface area contributed by atoms with E-state index in [1.807, 2.05) is 12.1 Å². The van der Waals surface area contributed by atoms with Crippen molar-refractivity contribution >= 4 is 9.24 Å². The topological polar surface area (TPSA) is 0 Å². The fourth-order valence-electron chi connectivity index (χ4n) is 0.557. The van der Waals surface area contributed by atoms with Crippen molar-refractivity contribution in [2.45, 2.75) is 6.16 Å². The van der Waals surface area contributed by atoms with Crippen molar-refractivity contribution in [1.29, 1.82) is 0 Å². The first kappa shape index (κ1) is 5.78. The van der Waals surface area contributed by atoms with Crippen LogP contribution in [0, 0.1) is 6.07 Å². The molecular formula is C7H8P. The highest BCUT2D eigenvalue weighted by molar-refractivity contribution is 7.15. The quantitative estimate of drug-likeness (QED) is 0.500. The van der Waals surface area contributed by atoms with Crippen molar-refractivity contribution in [1.82, 2.24) is 0 Å². The normalized spacial score (nSPS) is 9.12. The van der Waals surface area contributed by atoms with Gasteiger partial charge in [-0.2, -0.15) is 0 Å². The van der Waals surface area contributed by atoms with Gasteiger partial charge in [0.15, 0.2) is 0 Å². The summed E-state index contributed by atoms with van der Waals surface area (Å²) in [5.41, 5.74) is 1.34. The molecule has 1 aromatic carbocycles. The monoisotopic (exact) mass is 123 g/mol. The molecule has 0 bridgehead atoms. The molecule has 0 amide bonds. The summed E-state index contributed by atoms with van der Waals surface area (Å²) in [5, 5.41) is 0. The second-order valence-corrected chi connectivity index (χ2v) is 2.02. The van der Waals surface area contributed by atoms with E-state index in [1.165, 1.54) is 5.56 Å². The predicted molar refractivity (Wildman–Crippen MR) is 38.7 cm³/mol. The van der Waals surface area contributed by atoms with Gasteiger partial charge in [0.25, 0.3) is 0 Å². The van der Waals surface area contributed by atoms with Gasteiger partial charge in [0.05, 0.1) is 0 Å². The first-order valence-electron chi connectivity index (χ1n) is 2.58. The van der Waals surface area contributed by atoms with Crippen LogP contribution in [0.4, 0.5) is 0 Å². The summed E-state index contributed by atoms with van der Waals surface area (Å²) in [4.78, 5) is 0. The Balaban J connectivity index is 2.83. The fourth-order valence-corrected chi connectivity index (χ4v) is 0.830. The van der Waals surface area contributed by atoms with E-state index in [0.29, 0.717) is 0 Å². The van der Waals surface area contributed by atoms with Gasteiger partial charge in [0.1, 0.15) is 0 Å². The Bertz CT molecular complexity index is 146. The molecule has 0 aliphatic carbocycles. The van der Waals surface area contributed by atoms with Crippen LogP contribution >= 0.6 is 9.24 Å². The van der Waals surface area contributed by atoms with Crippen molar-refractivity contribution < 1.29 is 0 Å². The van der Waals surface area contributed by atoms with E-state index in [4.69, 9.17) is 0 Å². The molecule has 0 aliphatic rings. The minimum atomic E-state index is 1.04. The molecule has 0 saturated carbocycles. The lowest BCUT2D eigenvalue weighted by Crippen LogP contribution is -1.70. The van der Waals surface area contributed by atoms with Crippen molar-refractivity contribution in [3.8, 4) is 0 Å². The molecule has 1 atom stereocenters. The highest BCUT2D eigenvalue weighted by atomic mass is 31.0. The SMILES string of the molecule is PCc1cc[c]cc1. The summed E-state index contributed by atoms with van der Waals surface area (Å²) in [5.74, 6) is 0. The van der Waals surface area contributed by atoms with E-state index < -0.39 is 0 Å². The van der Waals surface area contributed by atoms with E-state index in [1.54, 1.807) is 0 Å². The molecule has 0 heterocycles. The third kappa shape index (κ3) is 1.31. The Labute approximate surface area is 52.1 Å². The number of hydrogen-bond donors (Lipinski definition) is 0. The Hall–Kier alpha value is -0.350. The summed E-state index contributed by atoms with van der Waals surface area (Å²) in [6, 6.07) is 10.9. The molecule has 1 radical (unpaired) electrons. The molecule has 41 valence electrons. The molecule has 0 aliphatic heterocycles. The van der Waals surface area contributed by atoms with Crippen LogP contribution in [0.15, 0.2) is 24.3 Å². The first-order chi connectivity index (χ1) is 3.93. The molecule has 1 heteroatoms. The van der Waals surface area contributed by atoms with E-state index in [2.05, 4.69) is 27.4 Å². The van der Waals surface area contributed by atoms with Crippen LogP contribution in [-0.4, -0.2) is 0 Å². The van der Waals surface area contributed by atoms with Crippen LogP contribution in [0.5, 0.6) is 0 Å². The standard InChI is InChI=1S/C7H8P/c8-6-7-4-2-1-3-5-7/h2-5H,6,8H2. The highest BCUT2D eigenvalue weighted by Gasteiger charge is 1.80. The molecule has 0 nitrogen and oxygen atoms in total. The number of benzene rings is 1. The molecule has 0 N–H and O–H groups in total. The lowest BCUT2D eigenvalue weighted by Gasteiger charge is -1.89. The smallest absolute Gasteiger partial charge is 0.0128 e. The van der Waals surface area contributed by atoms with Gasteiger partial charge in [-0.3, -0.25) is 0 Å². The van der Waals surface area contributed by atoms with E-state index in [0.717, 1.165) is 6.16 Å². The highest BCUT2D eigenvalue weighted by Crippen LogP contribution is 2.02.